The number of carbonyl (C=O) groups is 1. The van der Waals surface area contributed by atoms with E-state index in [1.807, 2.05) is 0 Å². The SMILES string of the molecule is Cc1c(-c2ccc(=O)n(Cc3cccc(F)c3F)c2)c2cc(F)ccc2n1CC(N)=O. The zero-order valence-corrected chi connectivity index (χ0v) is 16.5. The second-order valence-corrected chi connectivity index (χ2v) is 7.27. The van der Waals surface area contributed by atoms with Crippen LogP contribution in [0.1, 0.15) is 11.3 Å². The summed E-state index contributed by atoms with van der Waals surface area (Å²) >= 11 is 0. The Kier molecular flexibility index (Phi) is 5.14. The van der Waals surface area contributed by atoms with Gasteiger partial charge in [-0.05, 0) is 37.3 Å². The van der Waals surface area contributed by atoms with Crippen molar-refractivity contribution in [1.82, 2.24) is 9.13 Å². The molecule has 8 heteroatoms. The van der Waals surface area contributed by atoms with Crippen LogP contribution in [0.2, 0.25) is 0 Å². The van der Waals surface area contributed by atoms with E-state index in [0.717, 1.165) is 6.07 Å². The number of fused-ring (bicyclic) bond motifs is 1. The van der Waals surface area contributed by atoms with E-state index >= 15 is 0 Å². The molecule has 4 rings (SSSR count). The maximum Gasteiger partial charge on any atom is 0.250 e. The third-order valence-electron chi connectivity index (χ3n) is 5.24. The van der Waals surface area contributed by atoms with Gasteiger partial charge in [0.2, 0.25) is 5.91 Å². The number of hydrogen-bond donors (Lipinski definition) is 1. The van der Waals surface area contributed by atoms with Gasteiger partial charge in [-0.25, -0.2) is 13.2 Å². The van der Waals surface area contributed by atoms with Crippen LogP contribution in [0.4, 0.5) is 13.2 Å². The lowest BCUT2D eigenvalue weighted by Crippen LogP contribution is -2.20. The summed E-state index contributed by atoms with van der Waals surface area (Å²) in [5.74, 6) is -3.03. The van der Waals surface area contributed by atoms with Crippen LogP contribution < -0.4 is 11.3 Å². The number of nitrogens with zero attached hydrogens (tertiary/aromatic N) is 2. The smallest absolute Gasteiger partial charge is 0.250 e. The molecule has 0 aliphatic rings. The summed E-state index contributed by atoms with van der Waals surface area (Å²) in [6.45, 7) is 1.49. The van der Waals surface area contributed by atoms with Crippen molar-refractivity contribution in [3.63, 3.8) is 0 Å². The van der Waals surface area contributed by atoms with Crippen molar-refractivity contribution < 1.29 is 18.0 Å². The first-order valence-electron chi connectivity index (χ1n) is 9.46. The second kappa shape index (κ2) is 7.79. The number of pyridine rings is 1. The molecule has 0 saturated carbocycles. The fourth-order valence-electron chi connectivity index (χ4n) is 3.84. The molecule has 2 aromatic heterocycles. The average molecular weight is 425 g/mol. The quantitative estimate of drug-likeness (QED) is 0.529. The van der Waals surface area contributed by atoms with E-state index in [1.165, 1.54) is 41.1 Å². The topological polar surface area (TPSA) is 70.0 Å². The molecule has 4 aromatic rings. The third-order valence-corrected chi connectivity index (χ3v) is 5.24. The predicted molar refractivity (Wildman–Crippen MR) is 111 cm³/mol. The molecule has 0 unspecified atom stereocenters. The Hall–Kier alpha value is -3.81. The highest BCUT2D eigenvalue weighted by Gasteiger charge is 2.18. The standard InChI is InChI=1S/C23H18F3N3O2/c1-13-22(17-9-16(24)6-7-19(17)29(13)12-20(27)30)14-5-8-21(31)28(10-14)11-15-3-2-4-18(25)23(15)26/h2-10H,11-12H2,1H3,(H2,27,30). The summed E-state index contributed by atoms with van der Waals surface area (Å²) < 4.78 is 44.6. The number of nitrogens with two attached hydrogens (primary N) is 1. The Bertz CT molecular complexity index is 1390. The average Bonchev–Trinajstić information content (AvgIpc) is 2.97. The highest BCUT2D eigenvalue weighted by atomic mass is 19.2. The molecule has 0 radical (unpaired) electrons. The number of rotatable bonds is 5. The Morgan fingerprint density at radius 3 is 2.58 bits per heavy atom. The number of halogens is 3. The number of aromatic nitrogens is 2. The maximum absolute atomic E-state index is 14.1. The molecule has 0 bridgehead atoms. The van der Waals surface area contributed by atoms with Gasteiger partial charge in [-0.2, -0.15) is 0 Å². The molecule has 2 N–H and O–H groups in total. The molecule has 31 heavy (non-hydrogen) atoms. The molecule has 2 aromatic carbocycles. The van der Waals surface area contributed by atoms with Crippen LogP contribution in [0.5, 0.6) is 0 Å². The highest BCUT2D eigenvalue weighted by molar-refractivity contribution is 5.98. The zero-order chi connectivity index (χ0) is 22.3. The van der Waals surface area contributed by atoms with Crippen molar-refractivity contribution in [1.29, 1.82) is 0 Å². The summed E-state index contributed by atoms with van der Waals surface area (Å²) in [6, 6.07) is 10.8. The van der Waals surface area contributed by atoms with Crippen molar-refractivity contribution in [2.24, 2.45) is 5.73 Å². The Morgan fingerprint density at radius 1 is 1.06 bits per heavy atom. The molecular formula is C23H18F3N3O2. The largest absolute Gasteiger partial charge is 0.368 e. The summed E-state index contributed by atoms with van der Waals surface area (Å²) in [5, 5.41) is 0.542. The minimum Gasteiger partial charge on any atom is -0.368 e. The van der Waals surface area contributed by atoms with Crippen LogP contribution in [-0.4, -0.2) is 15.0 Å². The van der Waals surface area contributed by atoms with Crippen molar-refractivity contribution in [3.8, 4) is 11.1 Å². The van der Waals surface area contributed by atoms with Gasteiger partial charge < -0.3 is 14.9 Å². The molecule has 0 aliphatic carbocycles. The van der Waals surface area contributed by atoms with E-state index in [4.69, 9.17) is 5.73 Å². The molecule has 1 amide bonds. The van der Waals surface area contributed by atoms with Gasteiger partial charge in [0.05, 0.1) is 6.54 Å². The van der Waals surface area contributed by atoms with Gasteiger partial charge >= 0.3 is 0 Å². The normalized spacial score (nSPS) is 11.2. The molecule has 158 valence electrons. The van der Waals surface area contributed by atoms with Gasteiger partial charge in [0.25, 0.3) is 5.56 Å². The minimum atomic E-state index is -1.02. The second-order valence-electron chi connectivity index (χ2n) is 7.27. The van der Waals surface area contributed by atoms with Crippen LogP contribution in [0.3, 0.4) is 0 Å². The van der Waals surface area contributed by atoms with E-state index < -0.39 is 28.9 Å². The van der Waals surface area contributed by atoms with Gasteiger partial charge in [0.15, 0.2) is 11.6 Å². The van der Waals surface area contributed by atoms with E-state index in [2.05, 4.69) is 0 Å². The highest BCUT2D eigenvalue weighted by Crippen LogP contribution is 2.34. The van der Waals surface area contributed by atoms with Gasteiger partial charge in [0.1, 0.15) is 12.4 Å². The number of primary amides is 1. The lowest BCUT2D eigenvalue weighted by molar-refractivity contribution is -0.118. The molecule has 0 aliphatic heterocycles. The van der Waals surface area contributed by atoms with Crippen LogP contribution in [0.15, 0.2) is 59.5 Å². The van der Waals surface area contributed by atoms with Gasteiger partial charge in [0, 0.05) is 45.6 Å². The van der Waals surface area contributed by atoms with Crippen LogP contribution in [0.25, 0.3) is 22.0 Å². The predicted octanol–water partition coefficient (Wildman–Crippen LogP) is 3.73. The van der Waals surface area contributed by atoms with E-state index in [9.17, 15) is 22.8 Å². The first-order valence-corrected chi connectivity index (χ1v) is 9.46. The van der Waals surface area contributed by atoms with Crippen molar-refractivity contribution >= 4 is 16.8 Å². The van der Waals surface area contributed by atoms with Crippen molar-refractivity contribution in [3.05, 3.63) is 93.8 Å². The fourth-order valence-corrected chi connectivity index (χ4v) is 3.84. The van der Waals surface area contributed by atoms with Gasteiger partial charge in [-0.3, -0.25) is 9.59 Å². The Labute approximate surface area is 175 Å². The van der Waals surface area contributed by atoms with Crippen molar-refractivity contribution in [2.45, 2.75) is 20.0 Å². The van der Waals surface area contributed by atoms with Crippen LogP contribution in [0, 0.1) is 24.4 Å². The van der Waals surface area contributed by atoms with Crippen LogP contribution >= 0.6 is 0 Å². The molecule has 0 fully saturated rings. The van der Waals surface area contributed by atoms with E-state index in [0.29, 0.717) is 27.7 Å². The molecule has 0 saturated heterocycles. The molecule has 0 atom stereocenters. The Balaban J connectivity index is 1.89. The lowest BCUT2D eigenvalue weighted by atomic mass is 10.0. The molecule has 5 nitrogen and oxygen atoms in total. The summed E-state index contributed by atoms with van der Waals surface area (Å²) in [4.78, 5) is 23.9. The molecule has 2 heterocycles. The number of benzene rings is 2. The van der Waals surface area contributed by atoms with Crippen molar-refractivity contribution in [2.75, 3.05) is 0 Å². The van der Waals surface area contributed by atoms with Gasteiger partial charge in [-0.15, -0.1) is 0 Å². The first kappa shape index (κ1) is 20.5. The lowest BCUT2D eigenvalue weighted by Gasteiger charge is -2.11. The monoisotopic (exact) mass is 425 g/mol. The third kappa shape index (κ3) is 3.72. The number of carbonyl (C=O) groups excluding carboxylic acids is 1. The van der Waals surface area contributed by atoms with Crippen LogP contribution in [-0.2, 0) is 17.9 Å². The minimum absolute atomic E-state index is 0.0261. The van der Waals surface area contributed by atoms with Gasteiger partial charge in [-0.1, -0.05) is 12.1 Å². The summed E-state index contributed by atoms with van der Waals surface area (Å²) in [6.07, 6.45) is 1.51. The fraction of sp³-hybridized carbons (Fsp3) is 0.130. The summed E-state index contributed by atoms with van der Waals surface area (Å²) in [7, 11) is 0. The maximum atomic E-state index is 14.1. The van der Waals surface area contributed by atoms with E-state index in [1.54, 1.807) is 23.6 Å². The number of amides is 1. The first-order chi connectivity index (χ1) is 14.8. The summed E-state index contributed by atoms with van der Waals surface area (Å²) in [5.41, 5.74) is 7.44. The van der Waals surface area contributed by atoms with E-state index in [-0.39, 0.29) is 18.7 Å². The number of hydrogen-bond acceptors (Lipinski definition) is 2. The Morgan fingerprint density at radius 2 is 1.84 bits per heavy atom. The molecule has 0 spiro atoms. The zero-order valence-electron chi connectivity index (χ0n) is 16.5. The molecular weight excluding hydrogens is 407 g/mol.